The van der Waals surface area contributed by atoms with E-state index < -0.39 is 0 Å². The van der Waals surface area contributed by atoms with Crippen LogP contribution in [0.25, 0.3) is 0 Å². The first kappa shape index (κ1) is 14.1. The quantitative estimate of drug-likeness (QED) is 0.595. The molecule has 0 aliphatic heterocycles. The summed E-state index contributed by atoms with van der Waals surface area (Å²) >= 11 is 0. The SMILES string of the molecule is COc1ccc(CCNCCC2=CCCCC2)cc1. The highest BCUT2D eigenvalue weighted by Crippen LogP contribution is 2.19. The number of hydrogen-bond donors (Lipinski definition) is 1. The lowest BCUT2D eigenvalue weighted by Gasteiger charge is -2.13. The first-order valence-corrected chi connectivity index (χ1v) is 7.40. The van der Waals surface area contributed by atoms with Crippen LogP contribution in [0.15, 0.2) is 35.9 Å². The summed E-state index contributed by atoms with van der Waals surface area (Å²) in [5, 5.41) is 3.54. The molecule has 0 spiro atoms. The standard InChI is InChI=1S/C17H25NO/c1-19-17-9-7-16(8-10-17)12-14-18-13-11-15-5-3-2-4-6-15/h5,7-10,18H,2-4,6,11-14H2,1H3. The fourth-order valence-electron chi connectivity index (χ4n) is 2.53. The molecule has 1 aromatic rings. The van der Waals surface area contributed by atoms with E-state index in [1.807, 2.05) is 12.1 Å². The minimum Gasteiger partial charge on any atom is -0.497 e. The van der Waals surface area contributed by atoms with Gasteiger partial charge in [0.2, 0.25) is 0 Å². The molecule has 0 fully saturated rings. The summed E-state index contributed by atoms with van der Waals surface area (Å²) in [7, 11) is 1.70. The van der Waals surface area contributed by atoms with Crippen LogP contribution in [0.1, 0.15) is 37.7 Å². The van der Waals surface area contributed by atoms with E-state index in [9.17, 15) is 0 Å². The third-order valence-electron chi connectivity index (χ3n) is 3.76. The molecule has 1 aliphatic rings. The Morgan fingerprint density at radius 2 is 1.84 bits per heavy atom. The Kier molecular flexibility index (Phi) is 5.96. The maximum atomic E-state index is 5.16. The minimum absolute atomic E-state index is 0.931. The molecule has 1 aromatic carbocycles. The van der Waals surface area contributed by atoms with Gasteiger partial charge >= 0.3 is 0 Å². The van der Waals surface area contributed by atoms with Crippen molar-refractivity contribution in [3.8, 4) is 5.75 Å². The number of nitrogens with one attached hydrogen (secondary N) is 1. The fraction of sp³-hybridized carbons (Fsp3) is 0.529. The molecule has 0 aromatic heterocycles. The summed E-state index contributed by atoms with van der Waals surface area (Å²) in [5.41, 5.74) is 3.02. The van der Waals surface area contributed by atoms with Crippen molar-refractivity contribution in [1.82, 2.24) is 5.32 Å². The van der Waals surface area contributed by atoms with E-state index >= 15 is 0 Å². The first-order chi connectivity index (χ1) is 9.38. The fourth-order valence-corrected chi connectivity index (χ4v) is 2.53. The molecule has 19 heavy (non-hydrogen) atoms. The van der Waals surface area contributed by atoms with Gasteiger partial charge in [0.1, 0.15) is 5.75 Å². The summed E-state index contributed by atoms with van der Waals surface area (Å²) in [6.07, 6.45) is 10.1. The Balaban J connectivity index is 1.59. The number of rotatable bonds is 7. The maximum Gasteiger partial charge on any atom is 0.118 e. The van der Waals surface area contributed by atoms with Crippen molar-refractivity contribution < 1.29 is 4.74 Å². The average molecular weight is 259 g/mol. The Labute approximate surface area is 116 Å². The Morgan fingerprint density at radius 3 is 2.53 bits per heavy atom. The molecule has 0 heterocycles. The Morgan fingerprint density at radius 1 is 1.05 bits per heavy atom. The van der Waals surface area contributed by atoms with Crippen molar-refractivity contribution in [2.75, 3.05) is 20.2 Å². The molecule has 1 N–H and O–H groups in total. The second-order valence-electron chi connectivity index (χ2n) is 5.21. The molecule has 0 bridgehead atoms. The van der Waals surface area contributed by atoms with Crippen LogP contribution in [0.4, 0.5) is 0 Å². The van der Waals surface area contributed by atoms with Crippen LogP contribution in [0.5, 0.6) is 5.75 Å². The topological polar surface area (TPSA) is 21.3 Å². The van der Waals surface area contributed by atoms with Crippen LogP contribution in [0, 0.1) is 0 Å². The van der Waals surface area contributed by atoms with Gasteiger partial charge in [-0.05, 0) is 69.3 Å². The van der Waals surface area contributed by atoms with Gasteiger partial charge in [0.15, 0.2) is 0 Å². The molecule has 2 heteroatoms. The van der Waals surface area contributed by atoms with Crippen LogP contribution < -0.4 is 10.1 Å². The van der Waals surface area contributed by atoms with Gasteiger partial charge in [-0.3, -0.25) is 0 Å². The van der Waals surface area contributed by atoms with Gasteiger partial charge in [0.25, 0.3) is 0 Å². The van der Waals surface area contributed by atoms with Gasteiger partial charge in [0.05, 0.1) is 7.11 Å². The average Bonchev–Trinajstić information content (AvgIpc) is 2.49. The zero-order valence-corrected chi connectivity index (χ0v) is 12.0. The van der Waals surface area contributed by atoms with Crippen LogP contribution in [-0.4, -0.2) is 20.2 Å². The van der Waals surface area contributed by atoms with Crippen LogP contribution >= 0.6 is 0 Å². The zero-order valence-electron chi connectivity index (χ0n) is 12.0. The summed E-state index contributed by atoms with van der Waals surface area (Å²) in [5.74, 6) is 0.931. The van der Waals surface area contributed by atoms with E-state index in [0.29, 0.717) is 0 Å². The molecule has 0 saturated carbocycles. The van der Waals surface area contributed by atoms with Crippen molar-refractivity contribution in [2.45, 2.75) is 38.5 Å². The number of methoxy groups -OCH3 is 1. The van der Waals surface area contributed by atoms with E-state index in [4.69, 9.17) is 4.74 Å². The van der Waals surface area contributed by atoms with Crippen molar-refractivity contribution in [2.24, 2.45) is 0 Å². The molecular weight excluding hydrogens is 234 g/mol. The van der Waals surface area contributed by atoms with Gasteiger partial charge in [-0.15, -0.1) is 0 Å². The van der Waals surface area contributed by atoms with Crippen LogP contribution in [0.2, 0.25) is 0 Å². The third-order valence-corrected chi connectivity index (χ3v) is 3.76. The summed E-state index contributed by atoms with van der Waals surface area (Å²) in [6.45, 7) is 2.17. The second kappa shape index (κ2) is 8.00. The highest BCUT2D eigenvalue weighted by molar-refractivity contribution is 5.27. The van der Waals surface area contributed by atoms with Gasteiger partial charge in [-0.25, -0.2) is 0 Å². The maximum absolute atomic E-state index is 5.16. The molecule has 0 unspecified atom stereocenters. The Hall–Kier alpha value is -1.28. The van der Waals surface area contributed by atoms with Gasteiger partial charge in [-0.1, -0.05) is 23.8 Å². The molecular formula is C17H25NO. The van der Waals surface area contributed by atoms with Crippen molar-refractivity contribution in [1.29, 1.82) is 0 Å². The van der Waals surface area contributed by atoms with Crippen LogP contribution in [0.3, 0.4) is 0 Å². The predicted octanol–water partition coefficient (Wildman–Crippen LogP) is 3.72. The third kappa shape index (κ3) is 5.07. The molecule has 104 valence electrons. The van der Waals surface area contributed by atoms with E-state index in [0.717, 1.165) is 25.3 Å². The van der Waals surface area contributed by atoms with Crippen molar-refractivity contribution in [3.63, 3.8) is 0 Å². The zero-order chi connectivity index (χ0) is 13.3. The van der Waals surface area contributed by atoms with Crippen LogP contribution in [-0.2, 0) is 6.42 Å². The highest BCUT2D eigenvalue weighted by atomic mass is 16.5. The monoisotopic (exact) mass is 259 g/mol. The molecule has 0 saturated heterocycles. The van der Waals surface area contributed by atoms with Gasteiger partial charge < -0.3 is 10.1 Å². The first-order valence-electron chi connectivity index (χ1n) is 7.40. The largest absolute Gasteiger partial charge is 0.497 e. The smallest absolute Gasteiger partial charge is 0.118 e. The molecule has 1 aliphatic carbocycles. The molecule has 2 nitrogen and oxygen atoms in total. The Bertz CT molecular complexity index is 394. The lowest BCUT2D eigenvalue weighted by Crippen LogP contribution is -2.19. The molecule has 0 amide bonds. The van der Waals surface area contributed by atoms with E-state index in [1.54, 1.807) is 12.7 Å². The number of ether oxygens (including phenoxy) is 1. The summed E-state index contributed by atoms with van der Waals surface area (Å²) in [6, 6.07) is 8.35. The lowest BCUT2D eigenvalue weighted by molar-refractivity contribution is 0.414. The van der Waals surface area contributed by atoms with E-state index in [1.165, 1.54) is 37.7 Å². The molecule has 0 radical (unpaired) electrons. The molecule has 2 rings (SSSR count). The summed E-state index contributed by atoms with van der Waals surface area (Å²) in [4.78, 5) is 0. The predicted molar refractivity (Wildman–Crippen MR) is 80.7 cm³/mol. The normalized spacial score (nSPS) is 15.1. The summed E-state index contributed by atoms with van der Waals surface area (Å²) < 4.78 is 5.16. The molecule has 0 atom stereocenters. The van der Waals surface area contributed by atoms with Gasteiger partial charge in [-0.2, -0.15) is 0 Å². The number of hydrogen-bond acceptors (Lipinski definition) is 2. The lowest BCUT2D eigenvalue weighted by atomic mass is 9.97. The number of benzene rings is 1. The highest BCUT2D eigenvalue weighted by Gasteiger charge is 2.02. The van der Waals surface area contributed by atoms with E-state index in [-0.39, 0.29) is 0 Å². The van der Waals surface area contributed by atoms with Crippen molar-refractivity contribution in [3.05, 3.63) is 41.5 Å². The minimum atomic E-state index is 0.931. The second-order valence-corrected chi connectivity index (χ2v) is 5.21. The van der Waals surface area contributed by atoms with E-state index in [2.05, 4.69) is 23.5 Å². The van der Waals surface area contributed by atoms with Gasteiger partial charge in [0, 0.05) is 0 Å². The number of allylic oxidation sites excluding steroid dienone is 1. The van der Waals surface area contributed by atoms with Crippen molar-refractivity contribution >= 4 is 0 Å².